The Bertz CT molecular complexity index is 834. The molecule has 0 fully saturated rings. The van der Waals surface area contributed by atoms with Crippen LogP contribution in [-0.2, 0) is 23.9 Å². The molecule has 5 nitrogen and oxygen atoms in total. The zero-order valence-electron chi connectivity index (χ0n) is 8.32. The standard InChI is InChI=1S/C10H6O5S2/c11-16(12)9-6-5-7-3-1-2-4-8(7)10(9)17(13,14)15-16/h1-6H. The Balaban J connectivity index is 2.63. The van der Waals surface area contributed by atoms with Gasteiger partial charge in [-0.05, 0) is 11.5 Å². The van der Waals surface area contributed by atoms with Crippen LogP contribution < -0.4 is 0 Å². The molecule has 0 N–H and O–H groups in total. The highest BCUT2D eigenvalue weighted by atomic mass is 32.3. The highest BCUT2D eigenvalue weighted by Gasteiger charge is 2.41. The Labute approximate surface area is 97.9 Å². The van der Waals surface area contributed by atoms with Gasteiger partial charge in [0.05, 0.1) is 0 Å². The van der Waals surface area contributed by atoms with Gasteiger partial charge in [-0.25, -0.2) is 0 Å². The van der Waals surface area contributed by atoms with Gasteiger partial charge in [0.25, 0.3) is 0 Å². The molecule has 0 saturated carbocycles. The molecule has 1 heterocycles. The van der Waals surface area contributed by atoms with Gasteiger partial charge >= 0.3 is 20.2 Å². The summed E-state index contributed by atoms with van der Waals surface area (Å²) in [6, 6.07) is 9.44. The molecule has 88 valence electrons. The lowest BCUT2D eigenvalue weighted by molar-refractivity contribution is 0.475. The van der Waals surface area contributed by atoms with Gasteiger partial charge in [-0.1, -0.05) is 30.3 Å². The molecule has 0 amide bonds. The molecular weight excluding hydrogens is 264 g/mol. The SMILES string of the molecule is O=S1(=O)OS(=O)(=O)c2c1ccc1ccccc21. The average Bonchev–Trinajstić information content (AvgIpc) is 2.44. The van der Waals surface area contributed by atoms with E-state index in [0.29, 0.717) is 10.8 Å². The predicted octanol–water partition coefficient (Wildman–Crippen LogP) is 1.25. The molecule has 0 aliphatic carbocycles. The maximum absolute atomic E-state index is 11.7. The van der Waals surface area contributed by atoms with Gasteiger partial charge in [-0.2, -0.15) is 16.8 Å². The summed E-state index contributed by atoms with van der Waals surface area (Å²) in [6.07, 6.45) is 0. The van der Waals surface area contributed by atoms with Crippen LogP contribution >= 0.6 is 0 Å². The van der Waals surface area contributed by atoms with E-state index in [1.165, 1.54) is 6.07 Å². The van der Waals surface area contributed by atoms with E-state index in [4.69, 9.17) is 0 Å². The molecule has 1 aliphatic heterocycles. The molecule has 0 atom stereocenters. The second kappa shape index (κ2) is 3.06. The Morgan fingerprint density at radius 3 is 2.29 bits per heavy atom. The first kappa shape index (κ1) is 10.7. The Kier molecular flexibility index (Phi) is 1.93. The number of fused-ring (bicyclic) bond motifs is 3. The Morgan fingerprint density at radius 2 is 1.53 bits per heavy atom. The summed E-state index contributed by atoms with van der Waals surface area (Å²) in [5, 5.41) is 1.00. The zero-order chi connectivity index (χ0) is 12.3. The summed E-state index contributed by atoms with van der Waals surface area (Å²) < 4.78 is 50.5. The molecule has 17 heavy (non-hydrogen) atoms. The summed E-state index contributed by atoms with van der Waals surface area (Å²) in [5.74, 6) is 0. The van der Waals surface area contributed by atoms with E-state index in [0.717, 1.165) is 0 Å². The van der Waals surface area contributed by atoms with Crippen molar-refractivity contribution >= 4 is 31.0 Å². The molecule has 0 unspecified atom stereocenters. The summed E-state index contributed by atoms with van der Waals surface area (Å²) in [5.41, 5.74) is 0. The first-order valence-corrected chi connectivity index (χ1v) is 7.46. The fourth-order valence-electron chi connectivity index (χ4n) is 1.87. The van der Waals surface area contributed by atoms with Gasteiger partial charge in [0, 0.05) is 5.39 Å². The van der Waals surface area contributed by atoms with Crippen molar-refractivity contribution < 1.29 is 20.5 Å². The van der Waals surface area contributed by atoms with Gasteiger partial charge < -0.3 is 0 Å². The van der Waals surface area contributed by atoms with Crippen LogP contribution in [0.4, 0.5) is 0 Å². The quantitative estimate of drug-likeness (QED) is 0.720. The van der Waals surface area contributed by atoms with Crippen LogP contribution in [0.25, 0.3) is 10.8 Å². The maximum Gasteiger partial charge on any atom is 0.313 e. The lowest BCUT2D eigenvalue weighted by Crippen LogP contribution is -2.01. The van der Waals surface area contributed by atoms with Crippen LogP contribution in [0.15, 0.2) is 46.2 Å². The van der Waals surface area contributed by atoms with E-state index in [1.807, 2.05) is 0 Å². The number of benzene rings is 2. The van der Waals surface area contributed by atoms with Gasteiger partial charge in [0.15, 0.2) is 0 Å². The van der Waals surface area contributed by atoms with Crippen molar-refractivity contribution in [2.24, 2.45) is 0 Å². The van der Waals surface area contributed by atoms with E-state index in [2.05, 4.69) is 3.63 Å². The lowest BCUT2D eigenvalue weighted by Gasteiger charge is -2.00. The summed E-state index contributed by atoms with van der Waals surface area (Å²) in [7, 11) is -8.42. The molecule has 3 rings (SSSR count). The van der Waals surface area contributed by atoms with Gasteiger partial charge in [0.2, 0.25) is 0 Å². The predicted molar refractivity (Wildman–Crippen MR) is 59.4 cm³/mol. The van der Waals surface area contributed by atoms with Gasteiger partial charge in [0.1, 0.15) is 9.79 Å². The van der Waals surface area contributed by atoms with Crippen molar-refractivity contribution in [2.75, 3.05) is 0 Å². The minimum atomic E-state index is -4.23. The third-order valence-electron chi connectivity index (χ3n) is 2.54. The van der Waals surface area contributed by atoms with Crippen molar-refractivity contribution in [1.29, 1.82) is 0 Å². The topological polar surface area (TPSA) is 77.5 Å². The van der Waals surface area contributed by atoms with Gasteiger partial charge in [-0.15, -0.1) is 3.63 Å². The first-order chi connectivity index (χ1) is 7.92. The maximum atomic E-state index is 11.7. The third kappa shape index (κ3) is 1.40. The van der Waals surface area contributed by atoms with Crippen molar-refractivity contribution in [3.63, 3.8) is 0 Å². The largest absolute Gasteiger partial charge is 0.313 e. The monoisotopic (exact) mass is 270 g/mol. The van der Waals surface area contributed by atoms with Crippen molar-refractivity contribution in [2.45, 2.75) is 9.79 Å². The summed E-state index contributed by atoms with van der Waals surface area (Å²) >= 11 is 0. The Morgan fingerprint density at radius 1 is 0.824 bits per heavy atom. The van der Waals surface area contributed by atoms with E-state index >= 15 is 0 Å². The normalized spacial score (nSPS) is 20.2. The lowest BCUT2D eigenvalue weighted by atomic mass is 10.1. The third-order valence-corrected chi connectivity index (χ3v) is 5.92. The minimum Gasteiger partial charge on any atom is -0.193 e. The van der Waals surface area contributed by atoms with Crippen molar-refractivity contribution in [1.82, 2.24) is 0 Å². The zero-order valence-corrected chi connectivity index (χ0v) is 9.95. The smallest absolute Gasteiger partial charge is 0.193 e. The fraction of sp³-hybridized carbons (Fsp3) is 0. The molecule has 0 radical (unpaired) electrons. The van der Waals surface area contributed by atoms with E-state index < -0.39 is 20.2 Å². The van der Waals surface area contributed by atoms with E-state index in [1.54, 1.807) is 30.3 Å². The second-order valence-electron chi connectivity index (χ2n) is 3.59. The molecule has 7 heteroatoms. The van der Waals surface area contributed by atoms with Crippen LogP contribution in [0.2, 0.25) is 0 Å². The second-order valence-corrected chi connectivity index (χ2v) is 6.80. The molecular formula is C10H6O5S2. The van der Waals surface area contributed by atoms with E-state index in [9.17, 15) is 16.8 Å². The molecule has 2 aromatic rings. The molecule has 0 aromatic heterocycles. The first-order valence-electron chi connectivity index (χ1n) is 4.65. The number of hydrogen-bond acceptors (Lipinski definition) is 5. The highest BCUT2D eigenvalue weighted by molar-refractivity contribution is 8.02. The molecule has 2 aromatic carbocycles. The Hall–Kier alpha value is -1.44. The van der Waals surface area contributed by atoms with Crippen LogP contribution in [0.5, 0.6) is 0 Å². The summed E-state index contributed by atoms with van der Waals surface area (Å²) in [4.78, 5) is -0.563. The van der Waals surface area contributed by atoms with Crippen LogP contribution in [0.1, 0.15) is 0 Å². The van der Waals surface area contributed by atoms with Crippen molar-refractivity contribution in [3.8, 4) is 0 Å². The fourth-order valence-corrected chi connectivity index (χ4v) is 5.33. The molecule has 0 bridgehead atoms. The van der Waals surface area contributed by atoms with Crippen LogP contribution in [0.3, 0.4) is 0 Å². The number of rotatable bonds is 0. The van der Waals surface area contributed by atoms with Gasteiger partial charge in [-0.3, -0.25) is 0 Å². The van der Waals surface area contributed by atoms with E-state index in [-0.39, 0.29) is 9.79 Å². The minimum absolute atomic E-state index is 0.268. The molecule has 0 saturated heterocycles. The average molecular weight is 270 g/mol. The van der Waals surface area contributed by atoms with Crippen LogP contribution in [-0.4, -0.2) is 16.8 Å². The highest BCUT2D eigenvalue weighted by Crippen LogP contribution is 2.38. The summed E-state index contributed by atoms with van der Waals surface area (Å²) in [6.45, 7) is 0. The molecule has 0 spiro atoms. The molecule has 1 aliphatic rings. The van der Waals surface area contributed by atoms with Crippen LogP contribution in [0, 0.1) is 0 Å². The number of hydrogen-bond donors (Lipinski definition) is 0. The van der Waals surface area contributed by atoms with Crippen molar-refractivity contribution in [3.05, 3.63) is 36.4 Å².